The number of nitrogens with zero attached hydrogens (tertiary/aromatic N) is 3. The monoisotopic (exact) mass is 250 g/mol. The van der Waals surface area contributed by atoms with Crippen molar-refractivity contribution in [2.75, 3.05) is 5.73 Å². The van der Waals surface area contributed by atoms with E-state index in [1.54, 1.807) is 10.7 Å². The maximum absolute atomic E-state index is 5.90. The summed E-state index contributed by atoms with van der Waals surface area (Å²) in [5.41, 5.74) is 7.28. The molecule has 5 heteroatoms. The lowest BCUT2D eigenvalue weighted by molar-refractivity contribution is 0.737. The van der Waals surface area contributed by atoms with Crippen LogP contribution in [0.4, 0.5) is 5.69 Å². The Kier molecular flexibility index (Phi) is 3.33. The Balaban J connectivity index is 2.41. The van der Waals surface area contributed by atoms with Crippen molar-refractivity contribution in [3.05, 3.63) is 29.0 Å². The van der Waals surface area contributed by atoms with Gasteiger partial charge in [0.25, 0.3) is 0 Å². The average Bonchev–Trinajstić information content (AvgIpc) is 2.64. The third-order valence-electron chi connectivity index (χ3n) is 2.53. The standard InChI is InChI=1S/C12H15ClN4/c1-3-4-11-15-12(17(2)16-11)8-5-6-9(13)10(14)7-8/h5-7H,3-4,14H2,1-2H3. The van der Waals surface area contributed by atoms with E-state index >= 15 is 0 Å². The molecule has 0 bridgehead atoms. The fraction of sp³-hybridized carbons (Fsp3) is 0.333. The van der Waals surface area contributed by atoms with Crippen molar-refractivity contribution < 1.29 is 0 Å². The molecular formula is C12H15ClN4. The third-order valence-corrected chi connectivity index (χ3v) is 2.88. The first-order chi connectivity index (χ1) is 8.11. The zero-order chi connectivity index (χ0) is 12.4. The van der Waals surface area contributed by atoms with Crippen LogP contribution in [0.25, 0.3) is 11.4 Å². The van der Waals surface area contributed by atoms with E-state index in [9.17, 15) is 0 Å². The molecule has 2 N–H and O–H groups in total. The van der Waals surface area contributed by atoms with E-state index < -0.39 is 0 Å². The van der Waals surface area contributed by atoms with E-state index in [-0.39, 0.29) is 0 Å². The Hall–Kier alpha value is -1.55. The van der Waals surface area contributed by atoms with Crippen molar-refractivity contribution in [2.24, 2.45) is 7.05 Å². The summed E-state index contributed by atoms with van der Waals surface area (Å²) in [6, 6.07) is 5.50. The topological polar surface area (TPSA) is 56.7 Å². The molecule has 4 nitrogen and oxygen atoms in total. The highest BCUT2D eigenvalue weighted by molar-refractivity contribution is 6.33. The van der Waals surface area contributed by atoms with Crippen LogP contribution in [-0.4, -0.2) is 14.8 Å². The number of hydrogen-bond donors (Lipinski definition) is 1. The first-order valence-corrected chi connectivity index (χ1v) is 5.95. The van der Waals surface area contributed by atoms with Gasteiger partial charge in [-0.3, -0.25) is 0 Å². The molecule has 0 aliphatic rings. The average molecular weight is 251 g/mol. The molecule has 0 saturated heterocycles. The number of aryl methyl sites for hydroxylation is 2. The van der Waals surface area contributed by atoms with E-state index in [4.69, 9.17) is 17.3 Å². The summed E-state index contributed by atoms with van der Waals surface area (Å²) in [5.74, 6) is 1.68. The Morgan fingerprint density at radius 1 is 1.41 bits per heavy atom. The maximum Gasteiger partial charge on any atom is 0.158 e. The fourth-order valence-corrected chi connectivity index (χ4v) is 1.82. The number of hydrogen-bond acceptors (Lipinski definition) is 3. The smallest absolute Gasteiger partial charge is 0.158 e. The lowest BCUT2D eigenvalue weighted by atomic mass is 10.2. The summed E-state index contributed by atoms with van der Waals surface area (Å²) < 4.78 is 1.77. The zero-order valence-electron chi connectivity index (χ0n) is 9.94. The zero-order valence-corrected chi connectivity index (χ0v) is 10.7. The second kappa shape index (κ2) is 4.75. The van der Waals surface area contributed by atoms with Gasteiger partial charge in [0, 0.05) is 19.0 Å². The number of nitrogens with two attached hydrogens (primary N) is 1. The molecule has 0 fully saturated rings. The molecule has 0 saturated carbocycles. The summed E-state index contributed by atoms with van der Waals surface area (Å²) >= 11 is 5.90. The van der Waals surface area contributed by atoms with Crippen LogP contribution < -0.4 is 5.73 Å². The number of benzene rings is 1. The van der Waals surface area contributed by atoms with Gasteiger partial charge in [0.1, 0.15) is 0 Å². The molecule has 17 heavy (non-hydrogen) atoms. The van der Waals surface area contributed by atoms with Crippen molar-refractivity contribution in [1.29, 1.82) is 0 Å². The van der Waals surface area contributed by atoms with Crippen molar-refractivity contribution in [1.82, 2.24) is 14.8 Å². The van der Waals surface area contributed by atoms with Gasteiger partial charge in [-0.1, -0.05) is 18.5 Å². The van der Waals surface area contributed by atoms with E-state index in [0.29, 0.717) is 10.7 Å². The molecule has 0 atom stereocenters. The summed E-state index contributed by atoms with van der Waals surface area (Å²) in [7, 11) is 1.88. The van der Waals surface area contributed by atoms with E-state index in [2.05, 4.69) is 17.0 Å². The second-order valence-corrected chi connectivity index (χ2v) is 4.37. The van der Waals surface area contributed by atoms with Crippen LogP contribution in [0.15, 0.2) is 18.2 Å². The summed E-state index contributed by atoms with van der Waals surface area (Å²) in [4.78, 5) is 4.49. The summed E-state index contributed by atoms with van der Waals surface area (Å²) in [6.07, 6.45) is 1.92. The molecule has 0 radical (unpaired) electrons. The predicted molar refractivity (Wildman–Crippen MR) is 69.9 cm³/mol. The van der Waals surface area contributed by atoms with Crippen LogP contribution in [0.2, 0.25) is 5.02 Å². The summed E-state index contributed by atoms with van der Waals surface area (Å²) in [6.45, 7) is 2.11. The molecule has 1 heterocycles. The lowest BCUT2D eigenvalue weighted by Gasteiger charge is -2.02. The molecule has 0 spiro atoms. The Morgan fingerprint density at radius 2 is 2.18 bits per heavy atom. The molecule has 0 amide bonds. The van der Waals surface area contributed by atoms with E-state index in [0.717, 1.165) is 30.1 Å². The normalized spacial score (nSPS) is 10.8. The molecule has 0 aliphatic carbocycles. The minimum atomic E-state index is 0.559. The Morgan fingerprint density at radius 3 is 2.82 bits per heavy atom. The maximum atomic E-state index is 5.90. The molecule has 1 aromatic heterocycles. The van der Waals surface area contributed by atoms with Crippen LogP contribution in [0.3, 0.4) is 0 Å². The van der Waals surface area contributed by atoms with E-state index in [1.165, 1.54) is 0 Å². The SMILES string of the molecule is CCCc1nc(-c2ccc(Cl)c(N)c2)n(C)n1. The van der Waals surface area contributed by atoms with Gasteiger partial charge in [0.15, 0.2) is 11.6 Å². The van der Waals surface area contributed by atoms with Crippen LogP contribution >= 0.6 is 11.6 Å². The van der Waals surface area contributed by atoms with Gasteiger partial charge >= 0.3 is 0 Å². The van der Waals surface area contributed by atoms with Gasteiger partial charge < -0.3 is 5.73 Å². The van der Waals surface area contributed by atoms with Crippen LogP contribution in [0.5, 0.6) is 0 Å². The van der Waals surface area contributed by atoms with Crippen molar-refractivity contribution in [2.45, 2.75) is 19.8 Å². The van der Waals surface area contributed by atoms with Gasteiger partial charge in [0.2, 0.25) is 0 Å². The third kappa shape index (κ3) is 2.42. The molecular weight excluding hydrogens is 236 g/mol. The molecule has 0 aliphatic heterocycles. The largest absolute Gasteiger partial charge is 0.398 e. The number of anilines is 1. The minimum absolute atomic E-state index is 0.559. The summed E-state index contributed by atoms with van der Waals surface area (Å²) in [5, 5.41) is 4.92. The first kappa shape index (κ1) is 11.9. The first-order valence-electron chi connectivity index (χ1n) is 5.57. The number of rotatable bonds is 3. The Labute approximate surface area is 105 Å². The van der Waals surface area contributed by atoms with Crippen LogP contribution in [0, 0.1) is 0 Å². The number of aromatic nitrogens is 3. The van der Waals surface area contributed by atoms with Gasteiger partial charge in [-0.05, 0) is 24.6 Å². The van der Waals surface area contributed by atoms with Gasteiger partial charge in [-0.15, -0.1) is 0 Å². The molecule has 2 rings (SSSR count). The molecule has 2 aromatic rings. The van der Waals surface area contributed by atoms with Crippen molar-refractivity contribution in [3.8, 4) is 11.4 Å². The highest BCUT2D eigenvalue weighted by atomic mass is 35.5. The van der Waals surface area contributed by atoms with Gasteiger partial charge in [-0.25, -0.2) is 9.67 Å². The molecule has 90 valence electrons. The van der Waals surface area contributed by atoms with Gasteiger partial charge in [-0.2, -0.15) is 5.10 Å². The Bertz CT molecular complexity index is 533. The van der Waals surface area contributed by atoms with Crippen LogP contribution in [-0.2, 0) is 13.5 Å². The molecule has 1 aromatic carbocycles. The lowest BCUT2D eigenvalue weighted by Crippen LogP contribution is -1.96. The number of halogens is 1. The fourth-order valence-electron chi connectivity index (χ4n) is 1.70. The minimum Gasteiger partial charge on any atom is -0.398 e. The van der Waals surface area contributed by atoms with E-state index in [1.807, 2.05) is 19.2 Å². The number of nitrogen functional groups attached to an aromatic ring is 1. The van der Waals surface area contributed by atoms with Crippen LogP contribution in [0.1, 0.15) is 19.2 Å². The second-order valence-electron chi connectivity index (χ2n) is 3.96. The van der Waals surface area contributed by atoms with Crippen molar-refractivity contribution >= 4 is 17.3 Å². The molecule has 0 unspecified atom stereocenters. The van der Waals surface area contributed by atoms with Crippen molar-refractivity contribution in [3.63, 3.8) is 0 Å². The predicted octanol–water partition coefficient (Wildman–Crippen LogP) is 2.67. The highest BCUT2D eigenvalue weighted by Crippen LogP contribution is 2.25. The van der Waals surface area contributed by atoms with Gasteiger partial charge in [0.05, 0.1) is 10.7 Å². The quantitative estimate of drug-likeness (QED) is 0.852. The highest BCUT2D eigenvalue weighted by Gasteiger charge is 2.09.